The van der Waals surface area contributed by atoms with Gasteiger partial charge in [0.15, 0.2) is 0 Å². The molecule has 0 N–H and O–H groups in total. The third-order valence-corrected chi connectivity index (χ3v) is 4.73. The molecule has 0 unspecified atom stereocenters. The van der Waals surface area contributed by atoms with Gasteiger partial charge in [0, 0.05) is 18.1 Å². The summed E-state index contributed by atoms with van der Waals surface area (Å²) in [6.07, 6.45) is -0.135. The highest BCUT2D eigenvalue weighted by Gasteiger charge is 2.28. The van der Waals surface area contributed by atoms with Gasteiger partial charge in [0.05, 0.1) is 25.4 Å². The smallest absolute Gasteiger partial charge is 0.272 e. The Morgan fingerprint density at radius 2 is 2.08 bits per heavy atom. The molecule has 1 saturated heterocycles. The molecule has 7 heteroatoms. The molecule has 0 bridgehead atoms. The molecule has 0 radical (unpaired) electrons. The van der Waals surface area contributed by atoms with Crippen LogP contribution in [0, 0.1) is 6.92 Å². The molecule has 26 heavy (non-hydrogen) atoms. The van der Waals surface area contributed by atoms with Crippen molar-refractivity contribution >= 4 is 17.5 Å². The van der Waals surface area contributed by atoms with Crippen molar-refractivity contribution in [2.75, 3.05) is 40.3 Å². The van der Waals surface area contributed by atoms with Gasteiger partial charge >= 0.3 is 0 Å². The highest BCUT2D eigenvalue weighted by molar-refractivity contribution is 6.30. The number of aromatic nitrogens is 2. The fourth-order valence-corrected chi connectivity index (χ4v) is 3.18. The summed E-state index contributed by atoms with van der Waals surface area (Å²) in [5.41, 5.74) is 2.53. The van der Waals surface area contributed by atoms with Crippen LogP contribution in [-0.4, -0.2) is 65.8 Å². The maximum atomic E-state index is 13.1. The number of aryl methyl sites for hydroxylation is 1. The number of likely N-dealkylation sites (N-methyl/N-ethyl adjacent to an activating group) is 1. The molecule has 1 fully saturated rings. The zero-order valence-electron chi connectivity index (χ0n) is 15.5. The van der Waals surface area contributed by atoms with E-state index in [9.17, 15) is 4.79 Å². The Morgan fingerprint density at radius 3 is 2.77 bits per heavy atom. The van der Waals surface area contributed by atoms with Crippen LogP contribution >= 0.6 is 11.6 Å². The second kappa shape index (κ2) is 8.20. The van der Waals surface area contributed by atoms with Gasteiger partial charge in [-0.15, -0.1) is 0 Å². The van der Waals surface area contributed by atoms with Gasteiger partial charge in [-0.1, -0.05) is 23.7 Å². The Hall–Kier alpha value is -1.89. The quantitative estimate of drug-likeness (QED) is 0.805. The van der Waals surface area contributed by atoms with Crippen LogP contribution in [0.25, 0.3) is 0 Å². The number of benzene rings is 1. The minimum Gasteiger partial charge on any atom is -0.370 e. The normalized spacial score (nSPS) is 17.7. The summed E-state index contributed by atoms with van der Waals surface area (Å²) < 4.78 is 7.68. The summed E-state index contributed by atoms with van der Waals surface area (Å²) in [6, 6.07) is 9.46. The summed E-state index contributed by atoms with van der Waals surface area (Å²) >= 11 is 5.96. The molecule has 2 aromatic rings. The first-order valence-electron chi connectivity index (χ1n) is 8.79. The first-order chi connectivity index (χ1) is 12.4. The van der Waals surface area contributed by atoms with Crippen molar-refractivity contribution in [3.8, 4) is 0 Å². The van der Waals surface area contributed by atoms with E-state index < -0.39 is 0 Å². The van der Waals surface area contributed by atoms with Crippen LogP contribution in [0.2, 0.25) is 5.02 Å². The molecule has 3 rings (SSSR count). The van der Waals surface area contributed by atoms with Crippen molar-refractivity contribution < 1.29 is 9.53 Å². The summed E-state index contributed by atoms with van der Waals surface area (Å²) in [7, 11) is 4.02. The number of halogens is 1. The van der Waals surface area contributed by atoms with E-state index in [4.69, 9.17) is 16.3 Å². The summed E-state index contributed by atoms with van der Waals surface area (Å²) in [6.45, 7) is 5.06. The van der Waals surface area contributed by atoms with Gasteiger partial charge in [-0.2, -0.15) is 5.10 Å². The Labute approximate surface area is 159 Å². The van der Waals surface area contributed by atoms with Crippen LogP contribution in [0.3, 0.4) is 0 Å². The summed E-state index contributed by atoms with van der Waals surface area (Å²) in [5, 5.41) is 5.17. The second-order valence-corrected chi connectivity index (χ2v) is 7.30. The summed E-state index contributed by atoms with van der Waals surface area (Å²) in [5.74, 6) is 0.00613. The van der Waals surface area contributed by atoms with Gasteiger partial charge in [0.1, 0.15) is 11.8 Å². The molecule has 140 valence electrons. The lowest BCUT2D eigenvalue weighted by atomic mass is 10.1. The number of rotatable bonds is 5. The number of nitrogens with zero attached hydrogens (tertiary/aromatic N) is 4. The van der Waals surface area contributed by atoms with E-state index in [-0.39, 0.29) is 12.0 Å². The molecule has 0 spiro atoms. The predicted octanol–water partition coefficient (Wildman–Crippen LogP) is 2.62. The molecule has 0 saturated carbocycles. The van der Waals surface area contributed by atoms with E-state index in [0.717, 1.165) is 17.8 Å². The molecule has 6 nitrogen and oxygen atoms in total. The number of amides is 1. The fraction of sp³-hybridized carbons (Fsp3) is 0.474. The number of hydrogen-bond acceptors (Lipinski definition) is 4. The molecule has 1 aromatic heterocycles. The minimum absolute atomic E-state index is 0.00613. The van der Waals surface area contributed by atoms with E-state index in [1.54, 1.807) is 0 Å². The number of ether oxygens (including phenoxy) is 1. The van der Waals surface area contributed by atoms with Gasteiger partial charge in [0.2, 0.25) is 0 Å². The standard InChI is InChI=1S/C19H25ClN4O2/c1-14-12-17(24(21-14)9-8-22(2)3)19(25)23-10-11-26-18(13-23)15-4-6-16(20)7-5-15/h4-7,12,18H,8-11,13H2,1-3H3/t18-/m1/s1. The molecule has 1 aromatic carbocycles. The van der Waals surface area contributed by atoms with Crippen LogP contribution in [0.15, 0.2) is 30.3 Å². The SMILES string of the molecule is Cc1cc(C(=O)N2CCO[C@@H](c3ccc(Cl)cc3)C2)n(CCN(C)C)n1. The van der Waals surface area contributed by atoms with Crippen LogP contribution < -0.4 is 0 Å². The molecular formula is C19H25ClN4O2. The van der Waals surface area contributed by atoms with Crippen molar-refractivity contribution in [1.29, 1.82) is 0 Å². The second-order valence-electron chi connectivity index (χ2n) is 6.86. The topological polar surface area (TPSA) is 50.6 Å². The third-order valence-electron chi connectivity index (χ3n) is 4.48. The lowest BCUT2D eigenvalue weighted by molar-refractivity contribution is -0.0232. The van der Waals surface area contributed by atoms with Gasteiger partial charge in [0.25, 0.3) is 5.91 Å². The monoisotopic (exact) mass is 376 g/mol. The zero-order valence-corrected chi connectivity index (χ0v) is 16.2. The number of hydrogen-bond donors (Lipinski definition) is 0. The van der Waals surface area contributed by atoms with E-state index in [2.05, 4.69) is 10.00 Å². The van der Waals surface area contributed by atoms with Gasteiger partial charge in [-0.05, 0) is 44.8 Å². The lowest BCUT2D eigenvalue weighted by Crippen LogP contribution is -2.43. The maximum absolute atomic E-state index is 13.1. The minimum atomic E-state index is -0.135. The molecule has 0 aliphatic carbocycles. The molecular weight excluding hydrogens is 352 g/mol. The zero-order chi connectivity index (χ0) is 18.7. The van der Waals surface area contributed by atoms with E-state index in [0.29, 0.717) is 37.0 Å². The fourth-order valence-electron chi connectivity index (χ4n) is 3.06. The number of carbonyl (C=O) groups is 1. The maximum Gasteiger partial charge on any atom is 0.272 e. The van der Waals surface area contributed by atoms with Crippen LogP contribution in [-0.2, 0) is 11.3 Å². The van der Waals surface area contributed by atoms with Crippen molar-refractivity contribution in [2.45, 2.75) is 19.6 Å². The number of morpholine rings is 1. The van der Waals surface area contributed by atoms with Crippen molar-refractivity contribution in [3.05, 3.63) is 52.3 Å². The van der Waals surface area contributed by atoms with Gasteiger partial charge in [-0.3, -0.25) is 9.48 Å². The molecule has 1 amide bonds. The predicted molar refractivity (Wildman–Crippen MR) is 102 cm³/mol. The van der Waals surface area contributed by atoms with Crippen LogP contribution in [0.4, 0.5) is 0 Å². The lowest BCUT2D eigenvalue weighted by Gasteiger charge is -2.33. The van der Waals surface area contributed by atoms with Crippen LogP contribution in [0.5, 0.6) is 0 Å². The average molecular weight is 377 g/mol. The Kier molecular flexibility index (Phi) is 5.96. The average Bonchev–Trinajstić information content (AvgIpc) is 3.01. The summed E-state index contributed by atoms with van der Waals surface area (Å²) in [4.78, 5) is 17.0. The van der Waals surface area contributed by atoms with Crippen molar-refractivity contribution in [2.24, 2.45) is 0 Å². The number of carbonyl (C=O) groups excluding carboxylic acids is 1. The highest BCUT2D eigenvalue weighted by atomic mass is 35.5. The first-order valence-corrected chi connectivity index (χ1v) is 9.17. The van der Waals surface area contributed by atoms with E-state index >= 15 is 0 Å². The van der Waals surface area contributed by atoms with Crippen molar-refractivity contribution in [1.82, 2.24) is 19.6 Å². The van der Waals surface area contributed by atoms with E-state index in [1.807, 2.05) is 60.9 Å². The van der Waals surface area contributed by atoms with E-state index in [1.165, 1.54) is 0 Å². The molecule has 2 heterocycles. The third kappa shape index (κ3) is 4.44. The van der Waals surface area contributed by atoms with Crippen LogP contribution in [0.1, 0.15) is 27.8 Å². The highest BCUT2D eigenvalue weighted by Crippen LogP contribution is 2.24. The Morgan fingerprint density at radius 1 is 1.35 bits per heavy atom. The Balaban J connectivity index is 1.74. The largest absolute Gasteiger partial charge is 0.370 e. The molecule has 1 atom stereocenters. The molecule has 1 aliphatic rings. The van der Waals surface area contributed by atoms with Crippen molar-refractivity contribution in [3.63, 3.8) is 0 Å². The molecule has 1 aliphatic heterocycles. The first kappa shape index (κ1) is 18.9. The van der Waals surface area contributed by atoms with Gasteiger partial charge in [-0.25, -0.2) is 0 Å². The Bertz CT molecular complexity index is 757. The van der Waals surface area contributed by atoms with Gasteiger partial charge < -0.3 is 14.5 Å².